The van der Waals surface area contributed by atoms with E-state index >= 15 is 0 Å². The molecule has 1 saturated heterocycles. The summed E-state index contributed by atoms with van der Waals surface area (Å²) in [7, 11) is 0. The summed E-state index contributed by atoms with van der Waals surface area (Å²) in [5.41, 5.74) is 4.64. The lowest BCUT2D eigenvalue weighted by Gasteiger charge is -2.47. The Bertz CT molecular complexity index is 1130. The molecular formula is C27H31N3O2. The first-order valence-corrected chi connectivity index (χ1v) is 11.8. The lowest BCUT2D eigenvalue weighted by molar-refractivity contribution is -0.160. The van der Waals surface area contributed by atoms with E-state index in [1.54, 1.807) is 4.90 Å². The molecule has 2 aliphatic heterocycles. The molecular weight excluding hydrogens is 398 g/mol. The highest BCUT2D eigenvalue weighted by Gasteiger charge is 2.47. The maximum atomic E-state index is 13.5. The molecule has 0 radical (unpaired) electrons. The van der Waals surface area contributed by atoms with E-state index in [-0.39, 0.29) is 24.4 Å². The Hall–Kier alpha value is -3.08. The van der Waals surface area contributed by atoms with Crippen LogP contribution in [0, 0.1) is 5.92 Å². The van der Waals surface area contributed by atoms with Crippen LogP contribution in [0.5, 0.6) is 0 Å². The van der Waals surface area contributed by atoms with Crippen LogP contribution in [-0.2, 0) is 22.4 Å². The minimum absolute atomic E-state index is 0.0701. The third kappa shape index (κ3) is 3.70. The minimum atomic E-state index is -0.407. The van der Waals surface area contributed by atoms with Crippen molar-refractivity contribution in [1.82, 2.24) is 14.8 Å². The summed E-state index contributed by atoms with van der Waals surface area (Å²) in [6, 6.07) is 18.1. The van der Waals surface area contributed by atoms with Crippen LogP contribution in [0.25, 0.3) is 10.9 Å². The molecule has 5 heteroatoms. The molecule has 2 aliphatic rings. The van der Waals surface area contributed by atoms with Crippen LogP contribution < -0.4 is 0 Å². The number of hydrogen-bond acceptors (Lipinski definition) is 2. The number of benzene rings is 2. The third-order valence-electron chi connectivity index (χ3n) is 6.99. The molecule has 2 amide bonds. The first-order chi connectivity index (χ1) is 15.5. The van der Waals surface area contributed by atoms with E-state index in [1.807, 2.05) is 23.1 Å². The molecule has 166 valence electrons. The summed E-state index contributed by atoms with van der Waals surface area (Å²) in [4.78, 5) is 34.2. The van der Waals surface area contributed by atoms with E-state index in [2.05, 4.69) is 55.2 Å². The number of hydrogen-bond donors (Lipinski definition) is 1. The van der Waals surface area contributed by atoms with E-state index in [1.165, 1.54) is 16.5 Å². The number of piperazine rings is 1. The van der Waals surface area contributed by atoms with Gasteiger partial charge in [-0.1, -0.05) is 62.4 Å². The maximum Gasteiger partial charge on any atom is 0.246 e. The highest BCUT2D eigenvalue weighted by Crippen LogP contribution is 2.41. The number of aromatic amines is 1. The van der Waals surface area contributed by atoms with Crippen LogP contribution >= 0.6 is 0 Å². The van der Waals surface area contributed by atoms with Crippen molar-refractivity contribution in [1.29, 1.82) is 0 Å². The lowest BCUT2D eigenvalue weighted by atomic mass is 9.86. The van der Waals surface area contributed by atoms with E-state index in [9.17, 15) is 9.59 Å². The van der Waals surface area contributed by atoms with Gasteiger partial charge >= 0.3 is 0 Å². The molecule has 0 bridgehead atoms. The largest absolute Gasteiger partial charge is 0.356 e. The van der Waals surface area contributed by atoms with Crippen molar-refractivity contribution in [3.8, 4) is 0 Å². The zero-order chi connectivity index (χ0) is 22.2. The summed E-state index contributed by atoms with van der Waals surface area (Å²) in [5, 5.41) is 1.17. The van der Waals surface area contributed by atoms with Crippen molar-refractivity contribution in [3.05, 3.63) is 71.4 Å². The Kier molecular flexibility index (Phi) is 5.50. The van der Waals surface area contributed by atoms with E-state index < -0.39 is 6.04 Å². The Morgan fingerprint density at radius 2 is 1.78 bits per heavy atom. The summed E-state index contributed by atoms with van der Waals surface area (Å²) in [6.07, 6.45) is 3.17. The summed E-state index contributed by atoms with van der Waals surface area (Å²) >= 11 is 0. The van der Waals surface area contributed by atoms with Gasteiger partial charge in [-0.15, -0.1) is 0 Å². The first-order valence-electron chi connectivity index (χ1n) is 11.8. The topological polar surface area (TPSA) is 56.4 Å². The molecule has 0 aliphatic carbocycles. The van der Waals surface area contributed by atoms with Crippen molar-refractivity contribution >= 4 is 22.7 Å². The normalized spacial score (nSPS) is 20.7. The highest BCUT2D eigenvalue weighted by molar-refractivity contribution is 5.97. The van der Waals surface area contributed by atoms with Gasteiger partial charge in [0.2, 0.25) is 11.8 Å². The van der Waals surface area contributed by atoms with Gasteiger partial charge in [0.25, 0.3) is 0 Å². The molecule has 2 aromatic carbocycles. The number of aromatic nitrogens is 1. The minimum Gasteiger partial charge on any atom is -0.356 e. The number of para-hydroxylation sites is 1. The molecule has 3 aromatic rings. The van der Waals surface area contributed by atoms with Crippen molar-refractivity contribution in [3.63, 3.8) is 0 Å². The van der Waals surface area contributed by atoms with Crippen molar-refractivity contribution in [2.75, 3.05) is 13.1 Å². The lowest BCUT2D eigenvalue weighted by Crippen LogP contribution is -2.63. The zero-order valence-corrected chi connectivity index (χ0v) is 18.9. The molecule has 0 unspecified atom stereocenters. The fourth-order valence-electron chi connectivity index (χ4n) is 5.30. The number of carbonyl (C=O) groups is 2. The average Bonchev–Trinajstić information content (AvgIpc) is 3.17. The first kappa shape index (κ1) is 20.8. The highest BCUT2D eigenvalue weighted by atomic mass is 16.2. The van der Waals surface area contributed by atoms with E-state index in [0.717, 1.165) is 30.5 Å². The Labute approximate surface area is 189 Å². The monoisotopic (exact) mass is 429 g/mol. The van der Waals surface area contributed by atoms with Crippen LogP contribution in [-0.4, -0.2) is 45.7 Å². The summed E-state index contributed by atoms with van der Waals surface area (Å²) in [5.74, 6) is 0.674. The van der Waals surface area contributed by atoms with E-state index in [0.29, 0.717) is 18.9 Å². The molecule has 2 atom stereocenters. The maximum absolute atomic E-state index is 13.5. The molecule has 1 aromatic heterocycles. The molecule has 3 heterocycles. The van der Waals surface area contributed by atoms with Crippen molar-refractivity contribution in [2.24, 2.45) is 5.92 Å². The number of nitrogens with zero attached hydrogens (tertiary/aromatic N) is 2. The molecule has 1 N–H and O–H groups in total. The van der Waals surface area contributed by atoms with Gasteiger partial charge < -0.3 is 14.8 Å². The van der Waals surface area contributed by atoms with Gasteiger partial charge in [-0.25, -0.2) is 0 Å². The molecule has 5 nitrogen and oxygen atoms in total. The number of fused-ring (bicyclic) bond motifs is 4. The molecule has 0 spiro atoms. The number of nitrogens with one attached hydrogen (secondary N) is 1. The number of aryl methyl sites for hydroxylation is 1. The summed E-state index contributed by atoms with van der Waals surface area (Å²) < 4.78 is 0. The second-order valence-corrected chi connectivity index (χ2v) is 9.57. The molecule has 32 heavy (non-hydrogen) atoms. The predicted octanol–water partition coefficient (Wildman–Crippen LogP) is 4.48. The van der Waals surface area contributed by atoms with Crippen molar-refractivity contribution < 1.29 is 9.59 Å². The standard InChI is InChI=1S/C27H31N3O2/c1-18(2)14-15-29-17-25(31)30-23(13-12-19-8-4-3-5-9-19)26-21(16-24(30)27(29)32)20-10-6-7-11-22(20)28-26/h3-11,18,23-24,28H,12-17H2,1-2H3/t23-,24-/m0/s1. The zero-order valence-electron chi connectivity index (χ0n) is 18.9. The van der Waals surface area contributed by atoms with Gasteiger partial charge in [0.05, 0.1) is 12.6 Å². The smallest absolute Gasteiger partial charge is 0.246 e. The van der Waals surface area contributed by atoms with Crippen LogP contribution in [0.2, 0.25) is 0 Å². The number of carbonyl (C=O) groups excluding carboxylic acids is 2. The Balaban J connectivity index is 1.51. The average molecular weight is 430 g/mol. The number of H-pyrrole nitrogens is 1. The second-order valence-electron chi connectivity index (χ2n) is 9.57. The predicted molar refractivity (Wildman–Crippen MR) is 126 cm³/mol. The number of amides is 2. The SMILES string of the molecule is CC(C)CCN1CC(=O)N2[C@@H](Cc3c([nH]c4ccccc34)[C@@H]2CCc2ccccc2)C1=O. The fourth-order valence-corrected chi connectivity index (χ4v) is 5.30. The Morgan fingerprint density at radius 1 is 1.03 bits per heavy atom. The van der Waals surface area contributed by atoms with Gasteiger partial charge in [0, 0.05) is 29.6 Å². The molecule has 5 rings (SSSR count). The van der Waals surface area contributed by atoms with Crippen LogP contribution in [0.15, 0.2) is 54.6 Å². The van der Waals surface area contributed by atoms with Crippen LogP contribution in [0.4, 0.5) is 0 Å². The molecule has 1 fully saturated rings. The van der Waals surface area contributed by atoms with Crippen LogP contribution in [0.3, 0.4) is 0 Å². The van der Waals surface area contributed by atoms with E-state index in [4.69, 9.17) is 0 Å². The quantitative estimate of drug-likeness (QED) is 0.628. The fraction of sp³-hybridized carbons (Fsp3) is 0.407. The molecule has 0 saturated carbocycles. The Morgan fingerprint density at radius 3 is 2.56 bits per heavy atom. The van der Waals surface area contributed by atoms with Gasteiger partial charge in [-0.3, -0.25) is 9.59 Å². The third-order valence-corrected chi connectivity index (χ3v) is 6.99. The second kappa shape index (κ2) is 8.45. The van der Waals surface area contributed by atoms with Gasteiger partial charge in [0.1, 0.15) is 6.04 Å². The van der Waals surface area contributed by atoms with Gasteiger partial charge in [-0.05, 0) is 42.4 Å². The van der Waals surface area contributed by atoms with Gasteiger partial charge in [0.15, 0.2) is 0 Å². The number of rotatable bonds is 6. The van der Waals surface area contributed by atoms with Gasteiger partial charge in [-0.2, -0.15) is 0 Å². The van der Waals surface area contributed by atoms with Crippen LogP contribution in [0.1, 0.15) is 49.6 Å². The summed E-state index contributed by atoms with van der Waals surface area (Å²) in [6.45, 7) is 5.16. The van der Waals surface area contributed by atoms with Crippen molar-refractivity contribution in [2.45, 2.75) is 51.6 Å².